The van der Waals surface area contributed by atoms with Gasteiger partial charge >= 0.3 is 0 Å². The molecule has 8 heteroatoms. The maximum Gasteiger partial charge on any atom is 0.291 e. The number of halogens is 1. The van der Waals surface area contributed by atoms with E-state index in [2.05, 4.69) is 10.6 Å². The van der Waals surface area contributed by atoms with Crippen LogP contribution in [0.4, 0.5) is 5.69 Å². The van der Waals surface area contributed by atoms with Crippen LogP contribution in [0.15, 0.2) is 63.9 Å². The fourth-order valence-corrected chi connectivity index (χ4v) is 2.60. The normalized spacial score (nSPS) is 10.4. The highest BCUT2D eigenvalue weighted by Gasteiger charge is 2.15. The molecule has 138 valence electrons. The topological polar surface area (TPSA) is 93.3 Å². The van der Waals surface area contributed by atoms with Crippen LogP contribution in [-0.4, -0.2) is 23.4 Å². The van der Waals surface area contributed by atoms with Gasteiger partial charge in [0, 0.05) is 24.9 Å². The van der Waals surface area contributed by atoms with E-state index in [0.717, 1.165) is 0 Å². The lowest BCUT2D eigenvalue weighted by atomic mass is 10.2. The predicted molar refractivity (Wildman–Crippen MR) is 101 cm³/mol. The molecular weight excluding hydrogens is 370 g/mol. The van der Waals surface area contributed by atoms with Gasteiger partial charge in [-0.25, -0.2) is 0 Å². The molecule has 2 amide bonds. The monoisotopic (exact) mass is 385 g/mol. The molecule has 0 spiro atoms. The van der Waals surface area contributed by atoms with Crippen LogP contribution in [0.5, 0.6) is 0 Å². The van der Waals surface area contributed by atoms with Gasteiger partial charge < -0.3 is 19.6 Å². The van der Waals surface area contributed by atoms with Gasteiger partial charge in [0.1, 0.15) is 5.76 Å². The maximum absolute atomic E-state index is 12.4. The van der Waals surface area contributed by atoms with E-state index in [9.17, 15) is 14.4 Å². The first-order chi connectivity index (χ1) is 13.0. The zero-order valence-corrected chi connectivity index (χ0v) is 15.1. The van der Waals surface area contributed by atoms with Crippen LogP contribution < -0.4 is 16.2 Å². The number of rotatable bonds is 5. The second kappa shape index (κ2) is 7.92. The maximum atomic E-state index is 12.4. The van der Waals surface area contributed by atoms with Gasteiger partial charge in [-0.3, -0.25) is 14.4 Å². The van der Waals surface area contributed by atoms with Crippen molar-refractivity contribution in [3.05, 3.63) is 87.2 Å². The Bertz CT molecular complexity index is 1050. The molecule has 3 rings (SSSR count). The van der Waals surface area contributed by atoms with Gasteiger partial charge in [0.2, 0.25) is 0 Å². The highest BCUT2D eigenvalue weighted by Crippen LogP contribution is 2.24. The molecule has 7 nitrogen and oxygen atoms in total. The van der Waals surface area contributed by atoms with Gasteiger partial charge in [-0.15, -0.1) is 0 Å². The number of anilines is 1. The minimum atomic E-state index is -0.516. The summed E-state index contributed by atoms with van der Waals surface area (Å²) in [6.45, 7) is 0.208. The fraction of sp³-hybridized carbons (Fsp3) is 0.105. The molecule has 3 aromatic rings. The number of amides is 2. The lowest BCUT2D eigenvalue weighted by Crippen LogP contribution is -2.18. The SMILES string of the molecule is CNC(=O)c1ccc(Cl)c(NC(=O)c2ccc(Cn3ccccc3=O)o2)c1. The second-order valence-electron chi connectivity index (χ2n) is 5.66. The summed E-state index contributed by atoms with van der Waals surface area (Å²) in [6, 6.07) is 12.5. The molecule has 0 aliphatic heterocycles. The van der Waals surface area contributed by atoms with Crippen molar-refractivity contribution in [2.24, 2.45) is 0 Å². The van der Waals surface area contributed by atoms with Crippen LogP contribution in [0.2, 0.25) is 5.02 Å². The van der Waals surface area contributed by atoms with Crippen molar-refractivity contribution < 1.29 is 14.0 Å². The van der Waals surface area contributed by atoms with Crippen LogP contribution in [0.1, 0.15) is 26.7 Å². The van der Waals surface area contributed by atoms with E-state index in [1.807, 2.05) is 0 Å². The van der Waals surface area contributed by atoms with E-state index in [1.54, 1.807) is 30.5 Å². The van der Waals surface area contributed by atoms with E-state index < -0.39 is 5.91 Å². The molecule has 0 aliphatic carbocycles. The molecule has 2 aromatic heterocycles. The lowest BCUT2D eigenvalue weighted by molar-refractivity contribution is 0.0960. The Morgan fingerprint density at radius 1 is 1.11 bits per heavy atom. The summed E-state index contributed by atoms with van der Waals surface area (Å²) in [6.07, 6.45) is 1.63. The second-order valence-corrected chi connectivity index (χ2v) is 6.07. The third kappa shape index (κ3) is 4.27. The van der Waals surface area contributed by atoms with Crippen molar-refractivity contribution in [1.29, 1.82) is 0 Å². The van der Waals surface area contributed by atoms with Gasteiger partial charge in [0.25, 0.3) is 17.4 Å². The first-order valence-electron chi connectivity index (χ1n) is 8.05. The summed E-state index contributed by atoms with van der Waals surface area (Å²) in [5, 5.41) is 5.41. The smallest absolute Gasteiger partial charge is 0.291 e. The summed E-state index contributed by atoms with van der Waals surface area (Å²) in [7, 11) is 1.51. The van der Waals surface area contributed by atoms with Gasteiger partial charge in [-0.05, 0) is 36.4 Å². The molecule has 0 atom stereocenters. The molecule has 0 aliphatic rings. The summed E-state index contributed by atoms with van der Waals surface area (Å²) in [4.78, 5) is 35.9. The summed E-state index contributed by atoms with van der Waals surface area (Å²) < 4.78 is 6.98. The zero-order chi connectivity index (χ0) is 19.4. The Kier molecular flexibility index (Phi) is 5.42. The van der Waals surface area contributed by atoms with Gasteiger partial charge in [0.05, 0.1) is 17.3 Å². The van der Waals surface area contributed by atoms with E-state index in [-0.39, 0.29) is 23.8 Å². The standard InChI is InChI=1S/C19H16ClN3O4/c1-21-18(25)12-5-7-14(20)15(10-12)22-19(26)16-8-6-13(27-16)11-23-9-3-2-4-17(23)24/h2-10H,11H2,1H3,(H,21,25)(H,22,26). The zero-order valence-electron chi connectivity index (χ0n) is 14.4. The Hall–Kier alpha value is -3.32. The Morgan fingerprint density at radius 3 is 2.67 bits per heavy atom. The van der Waals surface area contributed by atoms with Crippen LogP contribution in [-0.2, 0) is 6.54 Å². The number of carbonyl (C=O) groups excluding carboxylic acids is 2. The van der Waals surface area contributed by atoms with Crippen molar-refractivity contribution in [2.45, 2.75) is 6.54 Å². The quantitative estimate of drug-likeness (QED) is 0.706. The number of carbonyl (C=O) groups is 2. The van der Waals surface area contributed by atoms with Crippen LogP contribution in [0, 0.1) is 0 Å². The average molecular weight is 386 g/mol. The van der Waals surface area contributed by atoms with Crippen molar-refractivity contribution in [2.75, 3.05) is 12.4 Å². The number of hydrogen-bond donors (Lipinski definition) is 2. The highest BCUT2D eigenvalue weighted by molar-refractivity contribution is 6.34. The van der Waals surface area contributed by atoms with Crippen molar-refractivity contribution in [3.8, 4) is 0 Å². The Balaban J connectivity index is 1.76. The number of aromatic nitrogens is 1. The molecule has 1 aromatic carbocycles. The molecule has 0 unspecified atom stereocenters. The molecule has 2 N–H and O–H groups in total. The molecule has 0 saturated heterocycles. The highest BCUT2D eigenvalue weighted by atomic mass is 35.5. The number of furan rings is 1. The van der Waals surface area contributed by atoms with Crippen LogP contribution >= 0.6 is 11.6 Å². The Labute approximate surface area is 159 Å². The molecule has 27 heavy (non-hydrogen) atoms. The molecular formula is C19H16ClN3O4. The predicted octanol–water partition coefficient (Wildman–Crippen LogP) is 2.75. The number of benzene rings is 1. The van der Waals surface area contributed by atoms with E-state index in [0.29, 0.717) is 22.0 Å². The van der Waals surface area contributed by atoms with Gasteiger partial charge in [0.15, 0.2) is 5.76 Å². The molecule has 2 heterocycles. The number of nitrogens with zero attached hydrogens (tertiary/aromatic N) is 1. The summed E-state index contributed by atoms with van der Waals surface area (Å²) in [5.74, 6) is -0.289. The lowest BCUT2D eigenvalue weighted by Gasteiger charge is -2.08. The van der Waals surface area contributed by atoms with E-state index in [1.165, 1.54) is 35.9 Å². The minimum Gasteiger partial charge on any atom is -0.454 e. The molecule has 0 bridgehead atoms. The van der Waals surface area contributed by atoms with Crippen molar-refractivity contribution in [3.63, 3.8) is 0 Å². The summed E-state index contributed by atoms with van der Waals surface area (Å²) >= 11 is 6.09. The molecule has 0 fully saturated rings. The summed E-state index contributed by atoms with van der Waals surface area (Å²) in [5.41, 5.74) is 0.485. The van der Waals surface area contributed by atoms with Gasteiger partial charge in [-0.2, -0.15) is 0 Å². The fourth-order valence-electron chi connectivity index (χ4n) is 2.43. The van der Waals surface area contributed by atoms with E-state index in [4.69, 9.17) is 16.0 Å². The van der Waals surface area contributed by atoms with Crippen LogP contribution in [0.3, 0.4) is 0 Å². The third-order valence-electron chi connectivity index (χ3n) is 3.81. The third-order valence-corrected chi connectivity index (χ3v) is 4.14. The first kappa shape index (κ1) is 18.5. The minimum absolute atomic E-state index is 0.0652. The van der Waals surface area contributed by atoms with Gasteiger partial charge in [-0.1, -0.05) is 17.7 Å². The first-order valence-corrected chi connectivity index (χ1v) is 8.43. The number of nitrogens with one attached hydrogen (secondary N) is 2. The number of pyridine rings is 1. The molecule has 0 saturated carbocycles. The van der Waals surface area contributed by atoms with Crippen LogP contribution in [0.25, 0.3) is 0 Å². The van der Waals surface area contributed by atoms with E-state index >= 15 is 0 Å². The average Bonchev–Trinajstić information content (AvgIpc) is 3.13. The molecule has 0 radical (unpaired) electrons. The van der Waals surface area contributed by atoms with Crippen molar-refractivity contribution in [1.82, 2.24) is 9.88 Å². The Morgan fingerprint density at radius 2 is 1.93 bits per heavy atom. The van der Waals surface area contributed by atoms with Crippen molar-refractivity contribution >= 4 is 29.1 Å². The largest absolute Gasteiger partial charge is 0.454 e. The number of hydrogen-bond acceptors (Lipinski definition) is 4.